The van der Waals surface area contributed by atoms with Crippen LogP contribution < -0.4 is 5.73 Å². The van der Waals surface area contributed by atoms with Crippen LogP contribution in [0.25, 0.3) is 0 Å². The van der Waals surface area contributed by atoms with Gasteiger partial charge >= 0.3 is 5.97 Å². The highest BCUT2D eigenvalue weighted by atomic mass is 16.5. The number of nitrogens with two attached hydrogens (primary N) is 1. The molecule has 2 N–H and O–H groups in total. The van der Waals surface area contributed by atoms with Crippen LogP contribution in [0.3, 0.4) is 0 Å². The first-order valence-electron chi connectivity index (χ1n) is 5.00. The predicted octanol–water partition coefficient (Wildman–Crippen LogP) is 1.49. The number of nitrogens with zero attached hydrogens (tertiary/aromatic N) is 1. The van der Waals surface area contributed by atoms with Crippen molar-refractivity contribution in [3.63, 3.8) is 0 Å². The minimum absolute atomic E-state index is 0.124. The number of amidine groups is 1. The lowest BCUT2D eigenvalue weighted by Gasteiger charge is -1.99. The summed E-state index contributed by atoms with van der Waals surface area (Å²) in [7, 11) is 1.42. The summed E-state index contributed by atoms with van der Waals surface area (Å²) in [4.78, 5) is 14.8. The van der Waals surface area contributed by atoms with Crippen LogP contribution in [0, 0.1) is 0 Å². The third kappa shape index (κ3) is 9.03. The molecule has 0 radical (unpaired) electrons. The molecule has 0 aliphatic heterocycles. The van der Waals surface area contributed by atoms with Gasteiger partial charge in [0.25, 0.3) is 0 Å². The molecule has 4 nitrogen and oxygen atoms in total. The number of methoxy groups -OCH3 is 1. The third-order valence-corrected chi connectivity index (χ3v) is 1.88. The third-order valence-electron chi connectivity index (χ3n) is 1.88. The maximum absolute atomic E-state index is 10.7. The van der Waals surface area contributed by atoms with Crippen LogP contribution in [0.1, 0.15) is 39.0 Å². The maximum Gasteiger partial charge on any atom is 0.305 e. The fourth-order valence-corrected chi connectivity index (χ4v) is 1.09. The highest BCUT2D eigenvalue weighted by Crippen LogP contribution is 2.03. The number of carbonyl (C=O) groups excluding carboxylic acids is 1. The predicted molar refractivity (Wildman–Crippen MR) is 57.3 cm³/mol. The molecule has 0 spiro atoms. The average Bonchev–Trinajstić information content (AvgIpc) is 2.15. The fourth-order valence-electron chi connectivity index (χ4n) is 1.09. The van der Waals surface area contributed by atoms with Crippen LogP contribution in [-0.4, -0.2) is 25.5 Å². The molecule has 0 heterocycles. The van der Waals surface area contributed by atoms with E-state index in [4.69, 9.17) is 5.73 Å². The Bertz CT molecular complexity index is 187. The van der Waals surface area contributed by atoms with Crippen molar-refractivity contribution in [2.75, 3.05) is 13.7 Å². The van der Waals surface area contributed by atoms with Gasteiger partial charge in [0, 0.05) is 13.0 Å². The smallest absolute Gasteiger partial charge is 0.305 e. The van der Waals surface area contributed by atoms with Gasteiger partial charge in [-0.15, -0.1) is 0 Å². The van der Waals surface area contributed by atoms with Gasteiger partial charge in [-0.25, -0.2) is 0 Å². The summed E-state index contributed by atoms with van der Waals surface area (Å²) in [6, 6.07) is 0. The Balaban J connectivity index is 3.14. The number of aliphatic imine (C=N–C) groups is 1. The van der Waals surface area contributed by atoms with Crippen LogP contribution >= 0.6 is 0 Å². The Morgan fingerprint density at radius 1 is 1.29 bits per heavy atom. The molecule has 0 atom stereocenters. The zero-order valence-corrected chi connectivity index (χ0v) is 9.08. The number of esters is 1. The van der Waals surface area contributed by atoms with E-state index in [0.29, 0.717) is 12.3 Å². The van der Waals surface area contributed by atoms with Crippen molar-refractivity contribution in [3.8, 4) is 0 Å². The van der Waals surface area contributed by atoms with Gasteiger partial charge < -0.3 is 10.5 Å². The standard InChI is InChI=1S/C10H20N2O2/c1-9(11)12-8-6-4-3-5-7-10(13)14-2/h3-8H2,1-2H3,(H2,11,12). The molecule has 0 bridgehead atoms. The quantitative estimate of drug-likeness (QED) is 0.293. The van der Waals surface area contributed by atoms with E-state index in [-0.39, 0.29) is 5.97 Å². The van der Waals surface area contributed by atoms with Crippen molar-refractivity contribution in [3.05, 3.63) is 0 Å². The summed E-state index contributed by atoms with van der Waals surface area (Å²) in [6.07, 6.45) is 4.60. The molecule has 14 heavy (non-hydrogen) atoms. The number of carbonyl (C=O) groups is 1. The minimum atomic E-state index is -0.124. The number of ether oxygens (including phenoxy) is 1. The second kappa shape index (κ2) is 8.53. The summed E-state index contributed by atoms with van der Waals surface area (Å²) >= 11 is 0. The first-order chi connectivity index (χ1) is 6.66. The molecular weight excluding hydrogens is 180 g/mol. The Morgan fingerprint density at radius 2 is 1.93 bits per heavy atom. The van der Waals surface area contributed by atoms with E-state index in [1.807, 2.05) is 0 Å². The van der Waals surface area contributed by atoms with E-state index in [9.17, 15) is 4.79 Å². The largest absolute Gasteiger partial charge is 0.469 e. The van der Waals surface area contributed by atoms with Gasteiger partial charge in [-0.2, -0.15) is 0 Å². The molecule has 0 aliphatic rings. The molecule has 0 saturated heterocycles. The van der Waals surface area contributed by atoms with E-state index in [1.54, 1.807) is 6.92 Å². The van der Waals surface area contributed by atoms with Gasteiger partial charge in [-0.05, 0) is 19.8 Å². The maximum atomic E-state index is 10.7. The summed E-state index contributed by atoms with van der Waals surface area (Å²) < 4.78 is 4.53. The second-order valence-corrected chi connectivity index (χ2v) is 3.26. The van der Waals surface area contributed by atoms with Gasteiger partial charge in [-0.3, -0.25) is 9.79 Å². The summed E-state index contributed by atoms with van der Waals surface area (Å²) in [5, 5.41) is 0. The van der Waals surface area contributed by atoms with Gasteiger partial charge in [-0.1, -0.05) is 12.8 Å². The summed E-state index contributed by atoms with van der Waals surface area (Å²) in [6.45, 7) is 2.58. The first-order valence-corrected chi connectivity index (χ1v) is 5.00. The van der Waals surface area contributed by atoms with Crippen LogP contribution in [0.2, 0.25) is 0 Å². The summed E-state index contributed by atoms with van der Waals surface area (Å²) in [5.41, 5.74) is 5.38. The normalized spacial score (nSPS) is 11.4. The van der Waals surface area contributed by atoms with Crippen LogP contribution in [-0.2, 0) is 9.53 Å². The molecule has 0 amide bonds. The van der Waals surface area contributed by atoms with E-state index >= 15 is 0 Å². The molecule has 0 unspecified atom stereocenters. The lowest BCUT2D eigenvalue weighted by molar-refractivity contribution is -0.140. The molecule has 0 aromatic carbocycles. The molecular formula is C10H20N2O2. The molecule has 0 fully saturated rings. The second-order valence-electron chi connectivity index (χ2n) is 3.26. The van der Waals surface area contributed by atoms with Crippen molar-refractivity contribution in [1.82, 2.24) is 0 Å². The molecule has 0 aromatic heterocycles. The van der Waals surface area contributed by atoms with E-state index in [1.165, 1.54) is 7.11 Å². The lowest BCUT2D eigenvalue weighted by atomic mass is 10.1. The average molecular weight is 200 g/mol. The van der Waals surface area contributed by atoms with Crippen molar-refractivity contribution >= 4 is 11.8 Å². The van der Waals surface area contributed by atoms with Gasteiger partial charge in [0.15, 0.2) is 0 Å². The van der Waals surface area contributed by atoms with Gasteiger partial charge in [0.1, 0.15) is 0 Å². The van der Waals surface area contributed by atoms with E-state index in [0.717, 1.165) is 32.2 Å². The van der Waals surface area contributed by atoms with Crippen molar-refractivity contribution in [1.29, 1.82) is 0 Å². The van der Waals surface area contributed by atoms with Crippen molar-refractivity contribution in [2.45, 2.75) is 39.0 Å². The number of hydrogen-bond acceptors (Lipinski definition) is 3. The fraction of sp³-hybridized carbons (Fsp3) is 0.800. The Kier molecular flexibility index (Phi) is 7.89. The van der Waals surface area contributed by atoms with Crippen molar-refractivity contribution in [2.24, 2.45) is 10.7 Å². The topological polar surface area (TPSA) is 64.7 Å². The zero-order chi connectivity index (χ0) is 10.8. The number of rotatable bonds is 7. The Morgan fingerprint density at radius 3 is 2.50 bits per heavy atom. The lowest BCUT2D eigenvalue weighted by Crippen LogP contribution is -2.05. The highest BCUT2D eigenvalue weighted by molar-refractivity contribution is 5.77. The van der Waals surface area contributed by atoms with E-state index < -0.39 is 0 Å². The molecule has 0 aromatic rings. The van der Waals surface area contributed by atoms with Crippen LogP contribution in [0.15, 0.2) is 4.99 Å². The highest BCUT2D eigenvalue weighted by Gasteiger charge is 1.98. The van der Waals surface area contributed by atoms with E-state index in [2.05, 4.69) is 9.73 Å². The van der Waals surface area contributed by atoms with Crippen molar-refractivity contribution < 1.29 is 9.53 Å². The SMILES string of the molecule is COC(=O)CCCCCCN=C(C)N. The Labute approximate surface area is 85.5 Å². The number of unbranched alkanes of at least 4 members (excludes halogenated alkanes) is 3. The minimum Gasteiger partial charge on any atom is -0.469 e. The molecule has 82 valence electrons. The van der Waals surface area contributed by atoms with Crippen LogP contribution in [0.5, 0.6) is 0 Å². The van der Waals surface area contributed by atoms with Gasteiger partial charge in [0.2, 0.25) is 0 Å². The zero-order valence-electron chi connectivity index (χ0n) is 9.08. The molecule has 0 rings (SSSR count). The van der Waals surface area contributed by atoms with Gasteiger partial charge in [0.05, 0.1) is 12.9 Å². The Hall–Kier alpha value is -1.06. The monoisotopic (exact) mass is 200 g/mol. The van der Waals surface area contributed by atoms with Crippen LogP contribution in [0.4, 0.5) is 0 Å². The first kappa shape index (κ1) is 12.9. The molecule has 4 heteroatoms. The molecule has 0 aliphatic carbocycles. The molecule has 0 saturated carbocycles. The number of hydrogen-bond donors (Lipinski definition) is 1. The summed E-state index contributed by atoms with van der Waals surface area (Å²) in [5.74, 6) is 0.514.